The Morgan fingerprint density at radius 2 is 1.92 bits per heavy atom. The van der Waals surface area contributed by atoms with Crippen molar-refractivity contribution in [3.63, 3.8) is 0 Å². The van der Waals surface area contributed by atoms with Crippen molar-refractivity contribution in [3.8, 4) is 11.5 Å². The van der Waals surface area contributed by atoms with Crippen molar-refractivity contribution in [1.82, 2.24) is 4.90 Å². The number of ether oxygens (including phenoxy) is 2. The van der Waals surface area contributed by atoms with Gasteiger partial charge >= 0.3 is 0 Å². The summed E-state index contributed by atoms with van der Waals surface area (Å²) >= 11 is 1.56. The number of amides is 1. The average Bonchev–Trinajstić information content (AvgIpc) is 2.97. The Hall–Kier alpha value is -2.21. The molecule has 2 aromatic rings. The molecule has 6 heteroatoms. The molecule has 1 fully saturated rings. The van der Waals surface area contributed by atoms with Gasteiger partial charge in [0, 0.05) is 18.2 Å². The molecule has 1 amide bonds. The fourth-order valence-electron chi connectivity index (χ4n) is 2.69. The van der Waals surface area contributed by atoms with E-state index in [1.54, 1.807) is 43.0 Å². The van der Waals surface area contributed by atoms with Crippen LogP contribution in [0.25, 0.3) is 0 Å². The van der Waals surface area contributed by atoms with Crippen LogP contribution >= 0.6 is 11.8 Å². The van der Waals surface area contributed by atoms with Gasteiger partial charge in [0.05, 0.1) is 20.0 Å². The molecule has 1 heterocycles. The first-order valence-corrected chi connectivity index (χ1v) is 8.54. The summed E-state index contributed by atoms with van der Waals surface area (Å²) in [6.07, 6.45) is 0. The van der Waals surface area contributed by atoms with Crippen LogP contribution in [-0.2, 0) is 11.3 Å². The van der Waals surface area contributed by atoms with Crippen molar-refractivity contribution < 1.29 is 18.7 Å². The zero-order valence-electron chi connectivity index (χ0n) is 13.5. The summed E-state index contributed by atoms with van der Waals surface area (Å²) in [5, 5.41) is -0.136. The third kappa shape index (κ3) is 3.33. The lowest BCUT2D eigenvalue weighted by Gasteiger charge is -2.26. The minimum Gasteiger partial charge on any atom is -0.497 e. The number of nitrogens with zero attached hydrogens (tertiary/aromatic N) is 1. The first-order valence-electron chi connectivity index (χ1n) is 7.50. The molecule has 126 valence electrons. The van der Waals surface area contributed by atoms with Crippen LogP contribution in [0.1, 0.15) is 16.5 Å². The van der Waals surface area contributed by atoms with Gasteiger partial charge in [-0.2, -0.15) is 0 Å². The number of rotatable bonds is 5. The lowest BCUT2D eigenvalue weighted by molar-refractivity contribution is -0.128. The summed E-state index contributed by atoms with van der Waals surface area (Å²) in [6.45, 7) is 0.436. The van der Waals surface area contributed by atoms with Crippen LogP contribution in [0.2, 0.25) is 0 Å². The Balaban J connectivity index is 1.89. The third-order valence-corrected chi connectivity index (χ3v) is 5.18. The summed E-state index contributed by atoms with van der Waals surface area (Å²) in [6, 6.07) is 11.8. The second-order valence-corrected chi connectivity index (χ2v) is 6.49. The van der Waals surface area contributed by atoms with Crippen LogP contribution in [0.3, 0.4) is 0 Å². The van der Waals surface area contributed by atoms with Crippen LogP contribution in [0.15, 0.2) is 42.5 Å². The number of carbonyl (C=O) groups excluding carboxylic acids is 1. The van der Waals surface area contributed by atoms with Gasteiger partial charge in [0.15, 0.2) is 0 Å². The van der Waals surface area contributed by atoms with E-state index in [1.165, 1.54) is 12.1 Å². The molecule has 0 radical (unpaired) electrons. The van der Waals surface area contributed by atoms with E-state index < -0.39 is 0 Å². The van der Waals surface area contributed by atoms with Crippen LogP contribution in [-0.4, -0.2) is 30.8 Å². The van der Waals surface area contributed by atoms with Crippen LogP contribution in [0, 0.1) is 5.82 Å². The zero-order chi connectivity index (χ0) is 17.1. The van der Waals surface area contributed by atoms with Gasteiger partial charge in [0.25, 0.3) is 0 Å². The number of thioether (sulfide) groups is 1. The van der Waals surface area contributed by atoms with E-state index in [1.807, 2.05) is 18.2 Å². The van der Waals surface area contributed by atoms with Gasteiger partial charge < -0.3 is 14.4 Å². The maximum absolute atomic E-state index is 13.1. The highest BCUT2D eigenvalue weighted by Crippen LogP contribution is 2.44. The first kappa shape index (κ1) is 16.6. The van der Waals surface area contributed by atoms with E-state index in [0.717, 1.165) is 11.1 Å². The summed E-state index contributed by atoms with van der Waals surface area (Å²) < 4.78 is 23.8. The van der Waals surface area contributed by atoms with E-state index in [0.29, 0.717) is 23.8 Å². The summed E-state index contributed by atoms with van der Waals surface area (Å²) in [4.78, 5) is 14.1. The Kier molecular flexibility index (Phi) is 4.94. The fourth-order valence-corrected chi connectivity index (χ4v) is 3.90. The molecule has 2 aromatic carbocycles. The van der Waals surface area contributed by atoms with Gasteiger partial charge in [-0.3, -0.25) is 4.79 Å². The predicted octanol–water partition coefficient (Wildman–Crippen LogP) is 3.62. The molecular weight excluding hydrogens is 329 g/mol. The van der Waals surface area contributed by atoms with Gasteiger partial charge in [-0.15, -0.1) is 11.8 Å². The van der Waals surface area contributed by atoms with Crippen LogP contribution in [0.4, 0.5) is 4.39 Å². The molecule has 3 rings (SSSR count). The van der Waals surface area contributed by atoms with Crippen molar-refractivity contribution in [2.75, 3.05) is 20.0 Å². The van der Waals surface area contributed by atoms with Gasteiger partial charge in [0.2, 0.25) is 5.91 Å². The first-order chi connectivity index (χ1) is 11.6. The van der Waals surface area contributed by atoms with Crippen molar-refractivity contribution in [2.45, 2.75) is 11.9 Å². The Labute approximate surface area is 144 Å². The normalized spacial score (nSPS) is 17.2. The lowest BCUT2D eigenvalue weighted by Crippen LogP contribution is -2.27. The molecule has 1 aliphatic heterocycles. The van der Waals surface area contributed by atoms with E-state index in [2.05, 4.69) is 0 Å². The predicted molar refractivity (Wildman–Crippen MR) is 91.7 cm³/mol. The average molecular weight is 347 g/mol. The number of hydrogen-bond acceptors (Lipinski definition) is 4. The molecule has 1 atom stereocenters. The fraction of sp³-hybridized carbons (Fsp3) is 0.278. The second-order valence-electron chi connectivity index (χ2n) is 5.42. The molecule has 1 unspecified atom stereocenters. The SMILES string of the molecule is COc1ccc(C2SCC(=O)N2Cc2ccc(F)cc2)c(OC)c1. The van der Waals surface area contributed by atoms with Crippen molar-refractivity contribution in [2.24, 2.45) is 0 Å². The van der Waals surface area contributed by atoms with E-state index in [9.17, 15) is 9.18 Å². The Morgan fingerprint density at radius 1 is 1.17 bits per heavy atom. The number of hydrogen-bond donors (Lipinski definition) is 0. The monoisotopic (exact) mass is 347 g/mol. The summed E-state index contributed by atoms with van der Waals surface area (Å²) in [5.74, 6) is 1.59. The Bertz CT molecular complexity index is 736. The van der Waals surface area contributed by atoms with Gasteiger partial charge in [-0.05, 0) is 29.8 Å². The van der Waals surface area contributed by atoms with Crippen molar-refractivity contribution in [1.29, 1.82) is 0 Å². The maximum Gasteiger partial charge on any atom is 0.234 e. The zero-order valence-corrected chi connectivity index (χ0v) is 14.3. The summed E-state index contributed by atoms with van der Waals surface area (Å²) in [7, 11) is 3.20. The van der Waals surface area contributed by atoms with E-state index in [-0.39, 0.29) is 17.1 Å². The van der Waals surface area contributed by atoms with E-state index >= 15 is 0 Å². The molecule has 4 nitrogen and oxygen atoms in total. The minimum atomic E-state index is -0.283. The standard InChI is InChI=1S/C18H18FNO3S/c1-22-14-7-8-15(16(9-14)23-2)18-20(17(21)11-24-18)10-12-3-5-13(19)6-4-12/h3-9,18H,10-11H2,1-2H3. The largest absolute Gasteiger partial charge is 0.497 e. The number of methoxy groups -OCH3 is 2. The summed E-state index contributed by atoms with van der Waals surface area (Å²) in [5.41, 5.74) is 1.82. The van der Waals surface area contributed by atoms with Gasteiger partial charge in [-0.1, -0.05) is 12.1 Å². The molecule has 24 heavy (non-hydrogen) atoms. The topological polar surface area (TPSA) is 38.8 Å². The molecule has 0 aliphatic carbocycles. The quantitative estimate of drug-likeness (QED) is 0.828. The highest BCUT2D eigenvalue weighted by Gasteiger charge is 2.34. The van der Waals surface area contributed by atoms with Gasteiger partial charge in [-0.25, -0.2) is 4.39 Å². The smallest absolute Gasteiger partial charge is 0.234 e. The third-order valence-electron chi connectivity index (χ3n) is 3.94. The molecular formula is C18H18FNO3S. The molecule has 0 N–H and O–H groups in total. The maximum atomic E-state index is 13.1. The molecule has 0 aromatic heterocycles. The molecule has 0 spiro atoms. The second kappa shape index (κ2) is 7.13. The van der Waals surface area contributed by atoms with E-state index in [4.69, 9.17) is 9.47 Å². The number of benzene rings is 2. The van der Waals surface area contributed by atoms with Crippen molar-refractivity contribution >= 4 is 17.7 Å². The van der Waals surface area contributed by atoms with Crippen molar-refractivity contribution in [3.05, 3.63) is 59.4 Å². The molecule has 0 saturated carbocycles. The number of carbonyl (C=O) groups is 1. The van der Waals surface area contributed by atoms with Crippen LogP contribution < -0.4 is 9.47 Å². The minimum absolute atomic E-state index is 0.0622. The van der Waals surface area contributed by atoms with Crippen LogP contribution in [0.5, 0.6) is 11.5 Å². The highest BCUT2D eigenvalue weighted by atomic mass is 32.2. The number of halogens is 1. The Morgan fingerprint density at radius 3 is 2.58 bits per heavy atom. The highest BCUT2D eigenvalue weighted by molar-refractivity contribution is 8.00. The molecule has 1 aliphatic rings. The van der Waals surface area contributed by atoms with Gasteiger partial charge in [0.1, 0.15) is 22.7 Å². The molecule has 0 bridgehead atoms. The molecule has 1 saturated heterocycles. The lowest BCUT2D eigenvalue weighted by atomic mass is 10.1.